The van der Waals surface area contributed by atoms with Gasteiger partial charge >= 0.3 is 5.97 Å². The molecule has 0 aliphatic carbocycles. The standard InChI is InChI=1S/C15H24N2O2.2ClH/c1-2-19-15(18)14-10-12(5-3-7-16)9-13(11-14)6-4-8-17;;/h9-11H,2-8,16-17H2,1H3;2*1H. The largest absolute Gasteiger partial charge is 1.00 e. The van der Waals surface area contributed by atoms with Crippen LogP contribution in [0.3, 0.4) is 0 Å². The number of rotatable bonds is 8. The van der Waals surface area contributed by atoms with Gasteiger partial charge < -0.3 is 41.0 Å². The summed E-state index contributed by atoms with van der Waals surface area (Å²) in [5.74, 6) is -0.227. The Morgan fingerprint density at radius 2 is 1.48 bits per heavy atom. The van der Waals surface area contributed by atoms with Crippen molar-refractivity contribution < 1.29 is 45.8 Å². The predicted molar refractivity (Wildman–Crippen MR) is 74.6 cm³/mol. The summed E-state index contributed by atoms with van der Waals surface area (Å²) in [5.41, 5.74) is 10.8. The maximum Gasteiger partial charge on any atom is 0.338 e. The average molecular weight is 337 g/mol. The molecule has 0 radical (unpaired) electrons. The Balaban J connectivity index is 0. The number of benzene rings is 1. The van der Waals surface area contributed by atoms with Crippen LogP contribution in [0.5, 0.6) is 0 Å². The Morgan fingerprint density at radius 3 is 1.86 bits per heavy atom. The average Bonchev–Trinajstić information content (AvgIpc) is 2.43. The number of carbonyl (C=O) groups excluding carboxylic acids is 1. The zero-order valence-corrected chi connectivity index (χ0v) is 14.2. The number of aryl methyl sites for hydroxylation is 2. The predicted octanol–water partition coefficient (Wildman–Crippen LogP) is -5.78. The number of hydrogen-bond donors (Lipinski definition) is 2. The van der Waals surface area contributed by atoms with Gasteiger partial charge in [0.2, 0.25) is 0 Å². The van der Waals surface area contributed by atoms with Crippen LogP contribution in [0.1, 0.15) is 41.3 Å². The minimum Gasteiger partial charge on any atom is -1.00 e. The molecule has 0 unspecified atom stereocenters. The molecule has 0 spiro atoms. The van der Waals surface area contributed by atoms with Crippen LogP contribution in [0, 0.1) is 0 Å². The first-order chi connectivity index (χ1) is 9.21. The van der Waals surface area contributed by atoms with E-state index in [9.17, 15) is 4.79 Å². The Kier molecular flexibility index (Phi) is 13.8. The highest BCUT2D eigenvalue weighted by Crippen LogP contribution is 2.15. The Hall–Kier alpha value is -0.810. The lowest BCUT2D eigenvalue weighted by molar-refractivity contribution is -0.368. The van der Waals surface area contributed by atoms with Crippen molar-refractivity contribution >= 4 is 5.97 Å². The smallest absolute Gasteiger partial charge is 0.338 e. The third kappa shape index (κ3) is 8.27. The van der Waals surface area contributed by atoms with Gasteiger partial charge in [-0.3, -0.25) is 0 Å². The van der Waals surface area contributed by atoms with E-state index in [-0.39, 0.29) is 30.8 Å². The summed E-state index contributed by atoms with van der Waals surface area (Å²) in [4.78, 5) is 11.8. The van der Waals surface area contributed by atoms with Gasteiger partial charge in [0.15, 0.2) is 0 Å². The Bertz CT molecular complexity index is 388. The Morgan fingerprint density at radius 1 is 1.00 bits per heavy atom. The van der Waals surface area contributed by atoms with Crippen molar-refractivity contribution in [1.29, 1.82) is 0 Å². The molecular weight excluding hydrogens is 311 g/mol. The molecule has 4 nitrogen and oxygen atoms in total. The molecule has 0 amide bonds. The molecule has 0 saturated carbocycles. The van der Waals surface area contributed by atoms with E-state index in [0.29, 0.717) is 12.2 Å². The molecule has 0 aliphatic rings. The van der Waals surface area contributed by atoms with Gasteiger partial charge in [0.25, 0.3) is 0 Å². The molecule has 0 atom stereocenters. The molecule has 0 saturated heterocycles. The molecule has 0 bridgehead atoms. The minimum absolute atomic E-state index is 0. The van der Waals surface area contributed by atoms with Crippen LogP contribution in [0.2, 0.25) is 0 Å². The number of carbonyl (C=O) groups is 1. The van der Waals surface area contributed by atoms with E-state index < -0.39 is 0 Å². The summed E-state index contributed by atoms with van der Waals surface area (Å²) in [5, 5.41) is 0. The van der Waals surface area contributed by atoms with Crippen molar-refractivity contribution in [3.8, 4) is 0 Å². The van der Waals surface area contributed by atoms with E-state index in [0.717, 1.165) is 38.8 Å². The fourth-order valence-corrected chi connectivity index (χ4v) is 2.04. The molecular formula is C15H26Cl2N2O2. The number of quaternary nitrogens is 2. The van der Waals surface area contributed by atoms with Crippen LogP contribution in [0.4, 0.5) is 0 Å². The zero-order chi connectivity index (χ0) is 14.1. The van der Waals surface area contributed by atoms with Gasteiger partial charge in [0, 0.05) is 12.8 Å². The van der Waals surface area contributed by atoms with Crippen LogP contribution in [0.15, 0.2) is 18.2 Å². The molecule has 6 N–H and O–H groups in total. The van der Waals surface area contributed by atoms with Gasteiger partial charge in [-0.05, 0) is 43.0 Å². The quantitative estimate of drug-likeness (QED) is 0.464. The third-order valence-corrected chi connectivity index (χ3v) is 2.99. The van der Waals surface area contributed by atoms with Crippen LogP contribution in [-0.4, -0.2) is 25.7 Å². The van der Waals surface area contributed by atoms with Gasteiger partial charge in [-0.15, -0.1) is 0 Å². The first-order valence-electron chi connectivity index (χ1n) is 7.09. The second kappa shape index (κ2) is 12.9. The van der Waals surface area contributed by atoms with Crippen LogP contribution < -0.4 is 36.3 Å². The molecule has 21 heavy (non-hydrogen) atoms. The SMILES string of the molecule is CCOC(=O)c1cc(CCC[NH3+])cc(CCC[NH3+])c1.[Cl-].[Cl-]. The first-order valence-corrected chi connectivity index (χ1v) is 7.09. The van der Waals surface area contributed by atoms with Crippen molar-refractivity contribution in [2.24, 2.45) is 0 Å². The zero-order valence-electron chi connectivity index (χ0n) is 12.7. The fraction of sp³-hybridized carbons (Fsp3) is 0.533. The normalized spacial score (nSPS) is 9.48. The highest BCUT2D eigenvalue weighted by molar-refractivity contribution is 5.89. The van der Waals surface area contributed by atoms with E-state index in [1.54, 1.807) is 0 Å². The second-order valence-electron chi connectivity index (χ2n) is 4.67. The monoisotopic (exact) mass is 336 g/mol. The fourth-order valence-electron chi connectivity index (χ4n) is 2.04. The maximum absolute atomic E-state index is 11.8. The van der Waals surface area contributed by atoms with Crippen LogP contribution >= 0.6 is 0 Å². The Labute approximate surface area is 139 Å². The van der Waals surface area contributed by atoms with E-state index in [1.165, 1.54) is 11.1 Å². The molecule has 1 aromatic carbocycles. The van der Waals surface area contributed by atoms with Gasteiger partial charge in [-0.25, -0.2) is 4.79 Å². The summed E-state index contributed by atoms with van der Waals surface area (Å²) in [7, 11) is 0. The lowest BCUT2D eigenvalue weighted by Gasteiger charge is -2.08. The van der Waals surface area contributed by atoms with E-state index in [2.05, 4.69) is 17.5 Å². The summed E-state index contributed by atoms with van der Waals surface area (Å²) in [6.45, 7) is 4.07. The number of halogens is 2. The molecule has 0 fully saturated rings. The molecule has 0 aliphatic heterocycles. The molecule has 0 aromatic heterocycles. The van der Waals surface area contributed by atoms with Gasteiger partial charge in [-0.2, -0.15) is 0 Å². The highest BCUT2D eigenvalue weighted by atomic mass is 35.5. The molecule has 1 aromatic rings. The first kappa shape index (κ1) is 22.5. The van der Waals surface area contributed by atoms with Gasteiger partial charge in [-0.1, -0.05) is 6.07 Å². The third-order valence-electron chi connectivity index (χ3n) is 2.99. The number of hydrogen-bond acceptors (Lipinski definition) is 2. The van der Waals surface area contributed by atoms with Crippen LogP contribution in [0.25, 0.3) is 0 Å². The van der Waals surface area contributed by atoms with Crippen LogP contribution in [-0.2, 0) is 17.6 Å². The minimum atomic E-state index is -0.227. The summed E-state index contributed by atoms with van der Waals surface area (Å²) in [6.07, 6.45) is 4.02. The topological polar surface area (TPSA) is 81.6 Å². The lowest BCUT2D eigenvalue weighted by atomic mass is 9.99. The van der Waals surface area contributed by atoms with Crippen molar-refractivity contribution in [3.05, 3.63) is 34.9 Å². The number of ether oxygens (including phenoxy) is 1. The maximum atomic E-state index is 11.8. The van der Waals surface area contributed by atoms with Crippen molar-refractivity contribution in [3.63, 3.8) is 0 Å². The number of esters is 1. The van der Waals surface area contributed by atoms with Gasteiger partial charge in [0.1, 0.15) is 0 Å². The van der Waals surface area contributed by atoms with Crippen molar-refractivity contribution in [1.82, 2.24) is 0 Å². The second-order valence-corrected chi connectivity index (χ2v) is 4.67. The molecule has 0 heterocycles. The van der Waals surface area contributed by atoms with Crippen molar-refractivity contribution in [2.75, 3.05) is 19.7 Å². The molecule has 122 valence electrons. The summed E-state index contributed by atoms with van der Waals surface area (Å²) < 4.78 is 5.08. The van der Waals surface area contributed by atoms with E-state index in [1.807, 2.05) is 19.1 Å². The lowest BCUT2D eigenvalue weighted by Crippen LogP contribution is -3.00. The summed E-state index contributed by atoms with van der Waals surface area (Å²) in [6, 6.07) is 6.08. The summed E-state index contributed by atoms with van der Waals surface area (Å²) >= 11 is 0. The highest BCUT2D eigenvalue weighted by Gasteiger charge is 2.09. The van der Waals surface area contributed by atoms with Crippen molar-refractivity contribution in [2.45, 2.75) is 32.6 Å². The van der Waals surface area contributed by atoms with E-state index in [4.69, 9.17) is 4.74 Å². The van der Waals surface area contributed by atoms with Gasteiger partial charge in [0.05, 0.1) is 25.3 Å². The molecule has 6 heteroatoms. The molecule has 1 rings (SSSR count). The van der Waals surface area contributed by atoms with E-state index >= 15 is 0 Å².